The molecule has 20 heteroatoms. The van der Waals surface area contributed by atoms with E-state index in [2.05, 4.69) is 318 Å². The smallest absolute Gasteiger partial charge is 0.161 e. The molecular weight excluding hydrogens is 1760 g/mol. The summed E-state index contributed by atoms with van der Waals surface area (Å²) in [4.78, 5) is 0. The minimum absolute atomic E-state index is 0.0474. The average molecular weight is 2000 g/mol. The summed E-state index contributed by atoms with van der Waals surface area (Å²) in [6.45, 7) is 106. The van der Waals surface area contributed by atoms with Crippen molar-refractivity contribution in [2.75, 3.05) is 0 Å². The van der Waals surface area contributed by atoms with Crippen LogP contribution in [-0.4, -0.2) is 216 Å². The van der Waals surface area contributed by atoms with Crippen LogP contribution in [0.25, 0.3) is 0 Å². The van der Waals surface area contributed by atoms with Crippen LogP contribution in [0.3, 0.4) is 0 Å². The standard InChI is InChI=1S/4C20H38O3.4C10H20O2/c2*1-9-17-13(5)11(3)15(7)20(22-17)23-19-14(6)12(4)16(8)21-18(19)10-2;2*1-9-17-12(4)11(3)13(5)20(22-17)23-19-14(6)16(8)21-18(10-2)15(19)7;2*1-5-9-7(3)10(11)6(2)8(4)12-9;2*1-5-9-10(11)7(3)6(2)8(4)12-9/h4*11-20H,9-10H2,1-8H3;4*6-11H,5H2,1-4H3. The van der Waals surface area contributed by atoms with Crippen molar-refractivity contribution < 1.29 is 96.2 Å². The van der Waals surface area contributed by atoms with Gasteiger partial charge >= 0.3 is 0 Å². The molecule has 0 saturated carbocycles. The average Bonchev–Trinajstić information content (AvgIpc) is 0.791. The van der Waals surface area contributed by atoms with Gasteiger partial charge in [-0.1, -0.05) is 277 Å². The van der Waals surface area contributed by atoms with Crippen LogP contribution in [0.5, 0.6) is 0 Å². The van der Waals surface area contributed by atoms with Crippen molar-refractivity contribution in [2.24, 2.45) is 166 Å². The summed E-state index contributed by atoms with van der Waals surface area (Å²) in [5.74, 6) is 13.0. The van der Waals surface area contributed by atoms with E-state index in [0.717, 1.165) is 77.0 Å². The van der Waals surface area contributed by atoms with E-state index < -0.39 is 0 Å². The monoisotopic (exact) mass is 1990 g/mol. The number of ether oxygens (including phenoxy) is 16. The van der Waals surface area contributed by atoms with Crippen molar-refractivity contribution in [1.82, 2.24) is 0 Å². The van der Waals surface area contributed by atoms with Gasteiger partial charge in [0, 0.05) is 71.0 Å². The first-order valence-corrected chi connectivity index (χ1v) is 58.7. The predicted molar refractivity (Wildman–Crippen MR) is 573 cm³/mol. The Labute approximate surface area is 862 Å². The highest BCUT2D eigenvalue weighted by molar-refractivity contribution is 4.98. The normalized spacial score (nSPS) is 50.8. The fourth-order valence-electron chi connectivity index (χ4n) is 25.3. The van der Waals surface area contributed by atoms with Gasteiger partial charge in [-0.05, 0) is 227 Å². The SMILES string of the molecule is CCC1OC(C)C(C)C(C)C1O.CCC1OC(C)C(C)C(C)C1O.CCC1OC(C)C(C)C(O)C1C.CCC1OC(C)C(C)C(O)C1C.CCC1OC(OC2C(C)C(C)OC(CC)C2C)C(C)C(C)C1C.CCC1OC(OC2C(C)C(C)OC(CC)C2C)C(C)C(C)C1C.CCC1OC(OC2C(CC)OC(C)C(C)C2C)C(C)C(C)C1C.CCC1OC(OC2C(CC)OC(C)C(C)C2C)C(C)C(C)C1C. The Morgan fingerprint density at radius 3 is 0.507 bits per heavy atom. The molecule has 0 aromatic carbocycles. The zero-order valence-electron chi connectivity index (χ0n) is 99.4. The van der Waals surface area contributed by atoms with E-state index in [1.54, 1.807) is 0 Å². The lowest BCUT2D eigenvalue weighted by Crippen LogP contribution is -2.54. The fraction of sp³-hybridized carbons (Fsp3) is 1.00. The highest BCUT2D eigenvalue weighted by atomic mass is 16.7. The molecule has 12 aliphatic heterocycles. The number of hydrogen-bond acceptors (Lipinski definition) is 20. The van der Waals surface area contributed by atoms with E-state index in [1.807, 2.05) is 13.8 Å². The second kappa shape index (κ2) is 60.6. The first-order chi connectivity index (χ1) is 65.5. The number of hydrogen-bond donors (Lipinski definition) is 4. The minimum atomic E-state index is -0.277. The Bertz CT molecular complexity index is 2900. The Hall–Kier alpha value is -0.800. The largest absolute Gasteiger partial charge is 0.392 e. The summed E-state index contributed by atoms with van der Waals surface area (Å²) in [5, 5.41) is 39.3. The Morgan fingerprint density at radius 2 is 0.293 bits per heavy atom. The molecule has 12 heterocycles. The lowest BCUT2D eigenvalue weighted by Gasteiger charge is -2.49. The van der Waals surface area contributed by atoms with E-state index in [0.29, 0.717) is 191 Å². The second-order valence-electron chi connectivity index (χ2n) is 48.5. The molecule has 0 radical (unpaired) electrons. The van der Waals surface area contributed by atoms with Crippen molar-refractivity contribution in [2.45, 2.75) is 605 Å². The third kappa shape index (κ3) is 32.6. The Morgan fingerprint density at radius 1 is 0.129 bits per heavy atom. The highest BCUT2D eigenvalue weighted by Crippen LogP contribution is 2.48. The van der Waals surface area contributed by atoms with Gasteiger partial charge in [0.05, 0.1) is 171 Å². The molecule has 12 aliphatic rings. The molecule has 20 nitrogen and oxygen atoms in total. The maximum atomic E-state index is 9.84. The molecule has 0 aliphatic carbocycles. The molecule has 0 amide bonds. The molecule has 4 N–H and O–H groups in total. The lowest BCUT2D eigenvalue weighted by molar-refractivity contribution is -0.299. The zero-order valence-corrected chi connectivity index (χ0v) is 99.4. The molecule has 60 atom stereocenters. The summed E-state index contributed by atoms with van der Waals surface area (Å²) < 4.78 is 99.6. The van der Waals surface area contributed by atoms with Crippen LogP contribution in [0.1, 0.15) is 409 Å². The van der Waals surface area contributed by atoms with Crippen LogP contribution < -0.4 is 0 Å². The molecule has 140 heavy (non-hydrogen) atoms. The second-order valence-corrected chi connectivity index (χ2v) is 48.5. The van der Waals surface area contributed by atoms with E-state index >= 15 is 0 Å². The van der Waals surface area contributed by atoms with Crippen molar-refractivity contribution in [3.8, 4) is 0 Å². The van der Waals surface area contributed by atoms with Crippen molar-refractivity contribution in [1.29, 1.82) is 0 Å². The third-order valence-electron chi connectivity index (χ3n) is 40.5. The molecule has 12 saturated heterocycles. The third-order valence-corrected chi connectivity index (χ3v) is 40.5. The molecule has 832 valence electrons. The Balaban J connectivity index is 0.000000287. The van der Waals surface area contributed by atoms with Crippen molar-refractivity contribution >= 4 is 0 Å². The van der Waals surface area contributed by atoms with Gasteiger partial charge in [-0.3, -0.25) is 0 Å². The highest BCUT2D eigenvalue weighted by Gasteiger charge is 2.53. The van der Waals surface area contributed by atoms with Gasteiger partial charge in [0.15, 0.2) is 25.2 Å². The summed E-state index contributed by atoms with van der Waals surface area (Å²) in [6, 6.07) is 0. The van der Waals surface area contributed by atoms with Crippen molar-refractivity contribution in [3.05, 3.63) is 0 Å². The van der Waals surface area contributed by atoms with Crippen LogP contribution in [0.2, 0.25) is 0 Å². The molecule has 0 spiro atoms. The fourth-order valence-corrected chi connectivity index (χ4v) is 25.3. The molecule has 0 bridgehead atoms. The van der Waals surface area contributed by atoms with Crippen LogP contribution in [0.15, 0.2) is 0 Å². The van der Waals surface area contributed by atoms with Crippen LogP contribution in [0.4, 0.5) is 0 Å². The molecule has 12 fully saturated rings. The first-order valence-electron chi connectivity index (χ1n) is 58.7. The predicted octanol–water partition coefficient (Wildman–Crippen LogP) is 26.8. The summed E-state index contributed by atoms with van der Waals surface area (Å²) in [7, 11) is 0. The zero-order chi connectivity index (χ0) is 106. The van der Waals surface area contributed by atoms with E-state index in [-0.39, 0.29) is 171 Å². The van der Waals surface area contributed by atoms with E-state index in [9.17, 15) is 20.4 Å². The van der Waals surface area contributed by atoms with Gasteiger partial charge in [-0.15, -0.1) is 0 Å². The lowest BCUT2D eigenvalue weighted by atomic mass is 9.77. The molecular formula is C120H232O20. The first kappa shape index (κ1) is 130. The molecule has 60 unspecified atom stereocenters. The minimum Gasteiger partial charge on any atom is -0.392 e. The number of rotatable bonds is 20. The van der Waals surface area contributed by atoms with Gasteiger partial charge in [-0.2, -0.15) is 0 Å². The number of aliphatic hydroxyl groups excluding tert-OH is 4. The molecule has 0 aromatic heterocycles. The van der Waals surface area contributed by atoms with Gasteiger partial charge in [0.2, 0.25) is 0 Å². The van der Waals surface area contributed by atoms with E-state index in [4.69, 9.17) is 75.8 Å². The molecule has 12 rings (SSSR count). The summed E-state index contributed by atoms with van der Waals surface area (Å²) >= 11 is 0. The van der Waals surface area contributed by atoms with Gasteiger partial charge < -0.3 is 96.2 Å². The maximum absolute atomic E-state index is 9.84. The van der Waals surface area contributed by atoms with Crippen LogP contribution in [-0.2, 0) is 75.8 Å². The summed E-state index contributed by atoms with van der Waals surface area (Å²) in [5.41, 5.74) is 0. The van der Waals surface area contributed by atoms with E-state index in [1.165, 1.54) is 0 Å². The van der Waals surface area contributed by atoms with Gasteiger partial charge in [0.25, 0.3) is 0 Å². The number of aliphatic hydroxyl groups is 4. The van der Waals surface area contributed by atoms with Crippen LogP contribution in [0, 0.1) is 166 Å². The van der Waals surface area contributed by atoms with Crippen LogP contribution >= 0.6 is 0 Å². The maximum Gasteiger partial charge on any atom is 0.161 e. The van der Waals surface area contributed by atoms with Crippen molar-refractivity contribution in [3.63, 3.8) is 0 Å². The topological polar surface area (TPSA) is 229 Å². The summed E-state index contributed by atoms with van der Waals surface area (Å²) in [6.07, 6.45) is 16.4. The Kier molecular flexibility index (Phi) is 56.1. The van der Waals surface area contributed by atoms with Gasteiger partial charge in [0.1, 0.15) is 0 Å². The quantitative estimate of drug-likeness (QED) is 0.0888. The van der Waals surface area contributed by atoms with Gasteiger partial charge in [-0.25, -0.2) is 0 Å². The molecule has 0 aromatic rings.